The van der Waals surface area contributed by atoms with Crippen LogP contribution in [0.2, 0.25) is 0 Å². The fraction of sp³-hybridized carbons (Fsp3) is 0.383. The number of phenols is 1. The fourth-order valence-electron chi connectivity index (χ4n) is 5.58. The SMILES string of the molecule is CCNC(=O)Oc1cc(C[C@H](NC(=O)OC(C)(C)C)C(=O)NC)ccc1OCc1ccccc1.CNC(=O)[C@H](Cc1ccc(OCc2ccccc2)c(O)c1)NC(=O)OC(C)(C)C. The fourth-order valence-corrected chi connectivity index (χ4v) is 5.58. The van der Waals surface area contributed by atoms with Gasteiger partial charge in [0.2, 0.25) is 11.8 Å². The van der Waals surface area contributed by atoms with Gasteiger partial charge in [0.15, 0.2) is 23.0 Å². The molecular weight excluding hydrogens is 811 g/mol. The Morgan fingerprint density at radius 1 is 0.556 bits per heavy atom. The number of hydrogen-bond acceptors (Lipinski definition) is 11. The third kappa shape index (κ3) is 19.1. The van der Waals surface area contributed by atoms with Gasteiger partial charge in [-0.3, -0.25) is 9.59 Å². The minimum atomic E-state index is -0.895. The molecule has 0 aliphatic heterocycles. The predicted octanol–water partition coefficient (Wildman–Crippen LogP) is 6.71. The van der Waals surface area contributed by atoms with Gasteiger partial charge >= 0.3 is 18.3 Å². The average Bonchev–Trinajstić information content (AvgIpc) is 3.21. The van der Waals surface area contributed by atoms with E-state index in [1.165, 1.54) is 20.2 Å². The molecule has 0 spiro atoms. The smallest absolute Gasteiger partial charge is 0.412 e. The number of aromatic hydroxyl groups is 1. The average molecular weight is 872 g/mol. The van der Waals surface area contributed by atoms with Crippen molar-refractivity contribution in [3.8, 4) is 23.0 Å². The molecule has 0 heterocycles. The highest BCUT2D eigenvalue weighted by Gasteiger charge is 2.26. The van der Waals surface area contributed by atoms with Crippen LogP contribution in [0.1, 0.15) is 70.7 Å². The summed E-state index contributed by atoms with van der Waals surface area (Å²) < 4.78 is 27.5. The van der Waals surface area contributed by atoms with E-state index in [9.17, 15) is 29.1 Å². The number of nitrogens with one attached hydrogen (secondary N) is 5. The molecule has 0 radical (unpaired) electrons. The number of hydrogen-bond donors (Lipinski definition) is 6. The van der Waals surface area contributed by atoms with E-state index < -0.39 is 41.6 Å². The van der Waals surface area contributed by atoms with Crippen LogP contribution < -0.4 is 40.8 Å². The van der Waals surface area contributed by atoms with E-state index in [2.05, 4.69) is 26.6 Å². The van der Waals surface area contributed by atoms with Crippen molar-refractivity contribution in [1.82, 2.24) is 26.6 Å². The number of alkyl carbamates (subject to hydrolysis) is 2. The van der Waals surface area contributed by atoms with E-state index in [-0.39, 0.29) is 42.8 Å². The lowest BCUT2D eigenvalue weighted by Gasteiger charge is -2.23. The number of carbonyl (C=O) groups is 5. The van der Waals surface area contributed by atoms with Crippen molar-refractivity contribution in [3.63, 3.8) is 0 Å². The molecule has 2 atom stereocenters. The summed E-state index contributed by atoms with van der Waals surface area (Å²) in [4.78, 5) is 60.9. The predicted molar refractivity (Wildman–Crippen MR) is 238 cm³/mol. The van der Waals surface area contributed by atoms with Crippen LogP contribution in [0.15, 0.2) is 97.1 Å². The first-order valence-corrected chi connectivity index (χ1v) is 20.4. The molecule has 0 saturated heterocycles. The van der Waals surface area contributed by atoms with E-state index in [0.717, 1.165) is 11.1 Å². The Morgan fingerprint density at radius 2 is 0.984 bits per heavy atom. The second-order valence-electron chi connectivity index (χ2n) is 16.1. The lowest BCUT2D eigenvalue weighted by atomic mass is 10.0. The number of rotatable bonds is 16. The third-order valence-electron chi connectivity index (χ3n) is 8.42. The number of likely N-dealkylation sites (N-methyl/N-ethyl adjacent to an activating group) is 2. The van der Waals surface area contributed by atoms with Gasteiger partial charge in [-0.05, 0) is 95.0 Å². The van der Waals surface area contributed by atoms with Crippen LogP contribution in [0.4, 0.5) is 14.4 Å². The molecule has 5 amide bonds. The van der Waals surface area contributed by atoms with E-state index in [0.29, 0.717) is 35.8 Å². The Balaban J connectivity index is 0.000000340. The Labute approximate surface area is 369 Å². The van der Waals surface area contributed by atoms with Crippen LogP contribution in [0.5, 0.6) is 23.0 Å². The number of benzene rings is 4. The quantitative estimate of drug-likeness (QED) is 0.0697. The first-order chi connectivity index (χ1) is 29.8. The molecule has 4 aromatic carbocycles. The third-order valence-corrected chi connectivity index (χ3v) is 8.42. The zero-order chi connectivity index (χ0) is 46.6. The Morgan fingerprint density at radius 3 is 1.40 bits per heavy atom. The summed E-state index contributed by atoms with van der Waals surface area (Å²) in [7, 11) is 2.97. The molecule has 16 nitrogen and oxygen atoms in total. The molecule has 6 N–H and O–H groups in total. The number of ether oxygens (including phenoxy) is 5. The zero-order valence-corrected chi connectivity index (χ0v) is 37.5. The van der Waals surface area contributed by atoms with Crippen LogP contribution in [-0.4, -0.2) is 79.1 Å². The number of phenolic OH excluding ortho intramolecular Hbond substituents is 1. The Hall–Kier alpha value is -6.97. The van der Waals surface area contributed by atoms with Crippen LogP contribution >= 0.6 is 0 Å². The van der Waals surface area contributed by atoms with E-state index in [4.69, 9.17) is 23.7 Å². The standard InChI is InChI=1S/C25H33N3O6.C22H28N2O5/c1-6-27-23(30)33-21-15-18(12-13-20(21)32-16-17-10-8-7-9-11-17)14-19(22(29)26-5)28-24(31)34-25(2,3)4;1-22(2,3)29-21(27)24-17(20(26)23-4)12-16-10-11-19(18(25)13-16)28-14-15-8-6-5-7-9-15/h7-13,15,19H,6,14,16H2,1-5H3,(H,26,29)(H,27,30)(H,28,31);5-11,13,17,25H,12,14H2,1-4H3,(H,23,26)(H,24,27)/t19-;17-/m00/s1. The van der Waals surface area contributed by atoms with Gasteiger partial charge in [0.05, 0.1) is 0 Å². The van der Waals surface area contributed by atoms with E-state index >= 15 is 0 Å². The van der Waals surface area contributed by atoms with Gasteiger partial charge in [-0.25, -0.2) is 14.4 Å². The van der Waals surface area contributed by atoms with Gasteiger partial charge in [0, 0.05) is 33.5 Å². The van der Waals surface area contributed by atoms with Crippen LogP contribution in [-0.2, 0) is 45.1 Å². The van der Waals surface area contributed by atoms with E-state index in [1.807, 2.05) is 60.7 Å². The van der Waals surface area contributed by atoms with Crippen molar-refractivity contribution < 1.29 is 52.8 Å². The zero-order valence-electron chi connectivity index (χ0n) is 37.5. The lowest BCUT2D eigenvalue weighted by molar-refractivity contribution is -0.123. The molecule has 0 unspecified atom stereocenters. The molecule has 0 aliphatic carbocycles. The first kappa shape index (κ1) is 50.4. The lowest BCUT2D eigenvalue weighted by Crippen LogP contribution is -2.48. The molecule has 0 aromatic heterocycles. The van der Waals surface area contributed by atoms with Gasteiger partial charge in [-0.1, -0.05) is 72.8 Å². The van der Waals surface area contributed by atoms with Gasteiger partial charge in [-0.2, -0.15) is 0 Å². The summed E-state index contributed by atoms with van der Waals surface area (Å²) in [5.74, 6) is 0.129. The summed E-state index contributed by atoms with van der Waals surface area (Å²) in [5, 5.41) is 23.1. The summed E-state index contributed by atoms with van der Waals surface area (Å²) >= 11 is 0. The Kier molecular flexibility index (Phi) is 19.6. The molecule has 340 valence electrons. The highest BCUT2D eigenvalue weighted by atomic mass is 16.6. The molecule has 63 heavy (non-hydrogen) atoms. The number of carbonyl (C=O) groups excluding carboxylic acids is 5. The normalized spacial score (nSPS) is 11.8. The molecule has 4 rings (SSSR count). The molecule has 0 aliphatic rings. The Bertz CT molecular complexity index is 2100. The highest BCUT2D eigenvalue weighted by molar-refractivity contribution is 5.86. The summed E-state index contributed by atoms with van der Waals surface area (Å²) in [6, 6.07) is 27.4. The molecule has 16 heteroatoms. The maximum Gasteiger partial charge on any atom is 0.412 e. The molecule has 0 saturated carbocycles. The molecular formula is C47H61N5O11. The van der Waals surface area contributed by atoms with Gasteiger partial charge in [-0.15, -0.1) is 0 Å². The molecule has 0 fully saturated rings. The van der Waals surface area contributed by atoms with Crippen LogP contribution in [0, 0.1) is 0 Å². The van der Waals surface area contributed by atoms with Gasteiger partial charge in [0.25, 0.3) is 0 Å². The largest absolute Gasteiger partial charge is 0.504 e. The maximum atomic E-state index is 12.4. The molecule has 4 aromatic rings. The highest BCUT2D eigenvalue weighted by Crippen LogP contribution is 2.31. The number of amides is 5. The van der Waals surface area contributed by atoms with Crippen molar-refractivity contribution in [1.29, 1.82) is 0 Å². The van der Waals surface area contributed by atoms with Gasteiger partial charge < -0.3 is 55.4 Å². The summed E-state index contributed by atoms with van der Waals surface area (Å²) in [6.07, 6.45) is -1.69. The summed E-state index contributed by atoms with van der Waals surface area (Å²) in [6.45, 7) is 13.2. The van der Waals surface area contributed by atoms with Crippen LogP contribution in [0.3, 0.4) is 0 Å². The van der Waals surface area contributed by atoms with E-state index in [1.54, 1.807) is 78.8 Å². The van der Waals surface area contributed by atoms with Gasteiger partial charge in [0.1, 0.15) is 36.5 Å². The monoisotopic (exact) mass is 871 g/mol. The first-order valence-electron chi connectivity index (χ1n) is 20.4. The minimum Gasteiger partial charge on any atom is -0.504 e. The topological polar surface area (TPSA) is 212 Å². The molecule has 0 bridgehead atoms. The second kappa shape index (κ2) is 24.5. The second-order valence-corrected chi connectivity index (χ2v) is 16.1. The van der Waals surface area contributed by atoms with Crippen molar-refractivity contribution in [3.05, 3.63) is 119 Å². The summed E-state index contributed by atoms with van der Waals surface area (Å²) in [5.41, 5.74) is 1.87. The van der Waals surface area contributed by atoms with Crippen LogP contribution in [0.25, 0.3) is 0 Å². The minimum absolute atomic E-state index is 0.0358. The van der Waals surface area contributed by atoms with Crippen molar-refractivity contribution in [2.75, 3.05) is 20.6 Å². The van der Waals surface area contributed by atoms with Crippen molar-refractivity contribution in [2.45, 2.75) is 97.8 Å². The maximum absolute atomic E-state index is 12.4. The van der Waals surface area contributed by atoms with Crippen molar-refractivity contribution >= 4 is 30.1 Å². The van der Waals surface area contributed by atoms with Crippen molar-refractivity contribution in [2.24, 2.45) is 0 Å².